The highest BCUT2D eigenvalue weighted by molar-refractivity contribution is 6.04. The van der Waals surface area contributed by atoms with Crippen molar-refractivity contribution in [2.75, 3.05) is 13.2 Å². The number of nitrogens with zero attached hydrogens (tertiary/aromatic N) is 2. The van der Waals surface area contributed by atoms with Crippen LogP contribution in [0.25, 0.3) is 0 Å². The van der Waals surface area contributed by atoms with E-state index in [0.29, 0.717) is 26.1 Å². The van der Waals surface area contributed by atoms with Crippen molar-refractivity contribution in [1.82, 2.24) is 4.90 Å². The van der Waals surface area contributed by atoms with Crippen LogP contribution in [0.1, 0.15) is 106 Å². The molecule has 0 radical (unpaired) electrons. The summed E-state index contributed by atoms with van der Waals surface area (Å²) in [5, 5.41) is 20.7. The van der Waals surface area contributed by atoms with E-state index in [2.05, 4.69) is 40.7 Å². The Morgan fingerprint density at radius 2 is 1.67 bits per heavy atom. The summed E-state index contributed by atoms with van der Waals surface area (Å²) in [6.07, 6.45) is 8.19. The lowest BCUT2D eigenvalue weighted by Crippen LogP contribution is -2.73. The first-order valence-electron chi connectivity index (χ1n) is 16.3. The molecule has 1 N–H and O–H groups in total. The fourth-order valence-electron chi connectivity index (χ4n) is 12.1. The molecule has 5 fully saturated rings. The topological polar surface area (TPSA) is 108 Å². The minimum absolute atomic E-state index is 0.0242. The summed E-state index contributed by atoms with van der Waals surface area (Å²) < 4.78 is 5.71. The third kappa shape index (κ3) is 3.69. The molecule has 5 aliphatic carbocycles. The first kappa shape index (κ1) is 29.9. The zero-order chi connectivity index (χ0) is 30.7. The van der Waals surface area contributed by atoms with Gasteiger partial charge in [-0.2, -0.15) is 5.26 Å². The molecule has 6 rings (SSSR count). The highest BCUT2D eigenvalue weighted by Gasteiger charge is 2.73. The van der Waals surface area contributed by atoms with E-state index in [4.69, 9.17) is 4.74 Å². The van der Waals surface area contributed by atoms with Crippen molar-refractivity contribution in [3.63, 3.8) is 0 Å². The van der Waals surface area contributed by atoms with Crippen LogP contribution >= 0.6 is 0 Å². The highest BCUT2D eigenvalue weighted by atomic mass is 16.5. The molecule has 4 saturated carbocycles. The maximum absolute atomic E-state index is 14.8. The maximum atomic E-state index is 14.8. The number of allylic oxidation sites excluding steroid dienone is 2. The first-order valence-corrected chi connectivity index (χ1v) is 16.3. The Balaban J connectivity index is 1.47. The number of amides is 1. The number of Topliss-reactive ketones (excluding diaryl/α,β-unsaturated/α-hetero) is 2. The van der Waals surface area contributed by atoms with Crippen molar-refractivity contribution >= 4 is 17.7 Å². The lowest BCUT2D eigenvalue weighted by atomic mass is 9.32. The van der Waals surface area contributed by atoms with E-state index in [0.717, 1.165) is 44.9 Å². The molecule has 1 heterocycles. The number of hydrogen-bond donors (Lipinski definition) is 1. The average molecular weight is 579 g/mol. The van der Waals surface area contributed by atoms with Gasteiger partial charge in [-0.3, -0.25) is 14.5 Å². The van der Waals surface area contributed by atoms with Gasteiger partial charge < -0.3 is 9.84 Å². The molecule has 42 heavy (non-hydrogen) atoms. The van der Waals surface area contributed by atoms with Gasteiger partial charge in [0.1, 0.15) is 11.9 Å². The SMILES string of the molecule is CC1(C)CC[C@]2(N(C(=O)O)C3CCOC3)CC[C@]3(C)[C@H](C(=O)C[C@@H]4[C@@]5(C)C=C(C#N)C(=O)C(C)(C)[C@@H]5CC[C@]43C)[C@@H]2C1. The van der Waals surface area contributed by atoms with E-state index < -0.39 is 22.5 Å². The van der Waals surface area contributed by atoms with Crippen LogP contribution in [-0.2, 0) is 14.3 Å². The van der Waals surface area contributed by atoms with Crippen LogP contribution in [0.3, 0.4) is 0 Å². The normalized spacial score (nSPS) is 47.2. The van der Waals surface area contributed by atoms with Crippen LogP contribution in [0.5, 0.6) is 0 Å². The van der Waals surface area contributed by atoms with E-state index in [1.807, 2.05) is 19.9 Å². The largest absolute Gasteiger partial charge is 0.465 e. The Hall–Kier alpha value is -2.20. The molecule has 0 spiro atoms. The van der Waals surface area contributed by atoms with E-state index >= 15 is 0 Å². The predicted octanol–water partition coefficient (Wildman–Crippen LogP) is 6.81. The van der Waals surface area contributed by atoms with Gasteiger partial charge in [0.15, 0.2) is 5.78 Å². The number of rotatable bonds is 2. The number of carbonyl (C=O) groups excluding carboxylic acids is 2. The van der Waals surface area contributed by atoms with Crippen molar-refractivity contribution in [2.45, 2.75) is 118 Å². The lowest BCUT2D eigenvalue weighted by Gasteiger charge is -2.72. The number of hydrogen-bond acceptors (Lipinski definition) is 5. The predicted molar refractivity (Wildman–Crippen MR) is 158 cm³/mol. The van der Waals surface area contributed by atoms with E-state index in [1.54, 1.807) is 4.90 Å². The van der Waals surface area contributed by atoms with Gasteiger partial charge in [0, 0.05) is 24.4 Å². The summed E-state index contributed by atoms with van der Waals surface area (Å²) in [6, 6.07) is 2.05. The van der Waals surface area contributed by atoms with Crippen LogP contribution in [-0.4, -0.2) is 52.5 Å². The van der Waals surface area contributed by atoms with Crippen LogP contribution in [0.4, 0.5) is 4.79 Å². The van der Waals surface area contributed by atoms with Gasteiger partial charge in [-0.1, -0.05) is 54.5 Å². The smallest absolute Gasteiger partial charge is 0.408 e. The lowest BCUT2D eigenvalue weighted by molar-refractivity contribution is -0.225. The van der Waals surface area contributed by atoms with E-state index in [1.165, 1.54) is 0 Å². The molecular weight excluding hydrogens is 528 g/mol. The fraction of sp³-hybridized carbons (Fsp3) is 0.829. The molecule has 0 aromatic rings. The van der Waals surface area contributed by atoms with Gasteiger partial charge in [-0.25, -0.2) is 4.79 Å². The Morgan fingerprint density at radius 3 is 2.29 bits per heavy atom. The van der Waals surface area contributed by atoms with Crippen molar-refractivity contribution in [2.24, 2.45) is 50.7 Å². The highest BCUT2D eigenvalue weighted by Crippen LogP contribution is 2.75. The second-order valence-electron chi connectivity index (χ2n) is 17.0. The zero-order valence-corrected chi connectivity index (χ0v) is 26.7. The molecule has 1 unspecified atom stereocenters. The van der Waals surface area contributed by atoms with Gasteiger partial charge in [0.2, 0.25) is 0 Å². The molecule has 0 bridgehead atoms. The minimum atomic E-state index is -0.873. The second kappa shape index (κ2) is 9.16. The molecule has 7 nitrogen and oxygen atoms in total. The summed E-state index contributed by atoms with van der Waals surface area (Å²) in [5.74, 6) is 0.0381. The molecule has 1 saturated heterocycles. The van der Waals surface area contributed by atoms with Crippen molar-refractivity contribution in [3.8, 4) is 6.07 Å². The van der Waals surface area contributed by atoms with E-state index in [9.17, 15) is 24.8 Å². The maximum Gasteiger partial charge on any atom is 0.408 e. The van der Waals surface area contributed by atoms with Gasteiger partial charge >= 0.3 is 6.09 Å². The number of fused-ring (bicyclic) bond motifs is 7. The molecule has 0 aromatic carbocycles. The van der Waals surface area contributed by atoms with Crippen molar-refractivity contribution < 1.29 is 24.2 Å². The Morgan fingerprint density at radius 1 is 0.976 bits per heavy atom. The summed E-state index contributed by atoms with van der Waals surface area (Å²) >= 11 is 0. The van der Waals surface area contributed by atoms with Crippen LogP contribution in [0.15, 0.2) is 11.6 Å². The second-order valence-corrected chi connectivity index (χ2v) is 17.0. The zero-order valence-electron chi connectivity index (χ0n) is 26.7. The Labute approximate surface area is 251 Å². The van der Waals surface area contributed by atoms with E-state index in [-0.39, 0.29) is 63.1 Å². The third-order valence-electron chi connectivity index (χ3n) is 14.4. The van der Waals surface area contributed by atoms with Crippen LogP contribution in [0, 0.1) is 62.1 Å². The van der Waals surface area contributed by atoms with Crippen molar-refractivity contribution in [1.29, 1.82) is 5.26 Å². The van der Waals surface area contributed by atoms with Gasteiger partial charge in [0.25, 0.3) is 0 Å². The average Bonchev–Trinajstić information content (AvgIpc) is 3.42. The number of ether oxygens (including phenoxy) is 1. The molecule has 1 aliphatic heterocycles. The monoisotopic (exact) mass is 578 g/mol. The minimum Gasteiger partial charge on any atom is -0.465 e. The Bertz CT molecular complexity index is 1290. The Kier molecular flexibility index (Phi) is 6.51. The van der Waals surface area contributed by atoms with Gasteiger partial charge in [-0.15, -0.1) is 0 Å². The summed E-state index contributed by atoms with van der Waals surface area (Å²) in [6.45, 7) is 16.5. The molecular formula is C35H50N2O5. The van der Waals surface area contributed by atoms with Crippen molar-refractivity contribution in [3.05, 3.63) is 11.6 Å². The first-order chi connectivity index (χ1) is 19.5. The number of carbonyl (C=O) groups is 3. The van der Waals surface area contributed by atoms with Gasteiger partial charge in [0.05, 0.1) is 23.8 Å². The molecule has 0 aromatic heterocycles. The van der Waals surface area contributed by atoms with Crippen LogP contribution in [0.2, 0.25) is 0 Å². The molecule has 7 heteroatoms. The molecule has 6 aliphatic rings. The van der Waals surface area contributed by atoms with Crippen LogP contribution < -0.4 is 0 Å². The standard InChI is InChI=1S/C35H50N2O5/c1-30(2)11-13-35(37(29(40)41)22-9-15-42-20-22)14-12-34(7)27(23(35)18-30)24(38)16-26-32(5)17-21(19-36)28(39)31(3,4)25(32)8-10-33(26,34)6/h17,22-23,25-27H,8-16,18,20H2,1-7H3,(H,40,41)/t22?,23-,25-,26+,27-,32-,33+,34+,35-/m0/s1. The summed E-state index contributed by atoms with van der Waals surface area (Å²) in [5.41, 5.74) is -1.85. The summed E-state index contributed by atoms with van der Waals surface area (Å²) in [4.78, 5) is 43.0. The number of carboxylic acid groups (broad SMARTS) is 1. The fourth-order valence-corrected chi connectivity index (χ4v) is 12.1. The molecule has 9 atom stereocenters. The number of ketones is 2. The third-order valence-corrected chi connectivity index (χ3v) is 14.4. The van der Waals surface area contributed by atoms with Gasteiger partial charge in [-0.05, 0) is 90.8 Å². The number of nitriles is 1. The molecule has 230 valence electrons. The quantitative estimate of drug-likeness (QED) is 0.386. The molecule has 1 amide bonds. The summed E-state index contributed by atoms with van der Waals surface area (Å²) in [7, 11) is 0.